The molecule has 2 rings (SSSR count). The van der Waals surface area contributed by atoms with Crippen LogP contribution in [0.4, 0.5) is 0 Å². The van der Waals surface area contributed by atoms with Crippen LogP contribution in [0.2, 0.25) is 0 Å². The second-order valence-corrected chi connectivity index (χ2v) is 7.27. The zero-order valence-electron chi connectivity index (χ0n) is 12.2. The Morgan fingerprint density at radius 3 is 2.76 bits per heavy atom. The Hall–Kier alpha value is -0.820. The molecule has 1 fully saturated rings. The summed E-state index contributed by atoms with van der Waals surface area (Å²) in [6.45, 7) is 1.57. The van der Waals surface area contributed by atoms with E-state index in [1.807, 2.05) is 0 Å². The summed E-state index contributed by atoms with van der Waals surface area (Å²) in [4.78, 5) is 0.192. The highest BCUT2D eigenvalue weighted by Crippen LogP contribution is 2.31. The molecule has 0 saturated carbocycles. The average molecular weight is 334 g/mol. The third-order valence-electron chi connectivity index (χ3n) is 3.65. The van der Waals surface area contributed by atoms with Gasteiger partial charge in [-0.2, -0.15) is 4.31 Å². The van der Waals surface area contributed by atoms with Gasteiger partial charge in [0, 0.05) is 26.1 Å². The molecular weight excluding hydrogens is 314 g/mol. The van der Waals surface area contributed by atoms with Crippen LogP contribution in [0.5, 0.6) is 5.75 Å². The fourth-order valence-corrected chi connectivity index (χ4v) is 4.37. The first-order valence-electron chi connectivity index (χ1n) is 6.75. The zero-order chi connectivity index (χ0) is 15.5. The minimum atomic E-state index is -3.55. The molecule has 118 valence electrons. The van der Waals surface area contributed by atoms with Gasteiger partial charge in [0.25, 0.3) is 0 Å². The molecule has 0 aliphatic carbocycles. The van der Waals surface area contributed by atoms with E-state index in [1.54, 1.807) is 25.3 Å². The summed E-state index contributed by atoms with van der Waals surface area (Å²) in [5.74, 6) is 0.900. The molecule has 1 aliphatic rings. The lowest BCUT2D eigenvalue weighted by atomic mass is 10.1. The standard InChI is InChI=1S/C14H20ClNO4S/c1-19-10-12-5-6-16(9-12)21(17,18)14-4-3-11(8-15)7-13(14)20-2/h3-4,7,12H,5-6,8-10H2,1-2H3. The van der Waals surface area contributed by atoms with Gasteiger partial charge in [0.1, 0.15) is 10.6 Å². The fraction of sp³-hybridized carbons (Fsp3) is 0.571. The molecule has 1 unspecified atom stereocenters. The van der Waals surface area contributed by atoms with Crippen molar-refractivity contribution in [3.05, 3.63) is 23.8 Å². The molecule has 0 amide bonds. The molecular formula is C14H20ClNO4S. The Morgan fingerprint density at radius 2 is 2.14 bits per heavy atom. The molecule has 0 bridgehead atoms. The SMILES string of the molecule is COCC1CCN(S(=O)(=O)c2ccc(CCl)cc2OC)C1. The maximum Gasteiger partial charge on any atom is 0.246 e. The van der Waals surface area contributed by atoms with Crippen molar-refractivity contribution in [1.82, 2.24) is 4.31 Å². The fourth-order valence-electron chi connectivity index (χ4n) is 2.53. The van der Waals surface area contributed by atoms with Crippen molar-refractivity contribution < 1.29 is 17.9 Å². The van der Waals surface area contributed by atoms with Gasteiger partial charge < -0.3 is 9.47 Å². The van der Waals surface area contributed by atoms with Crippen molar-refractivity contribution in [2.24, 2.45) is 5.92 Å². The number of methoxy groups -OCH3 is 2. The normalized spacial score (nSPS) is 19.9. The highest BCUT2D eigenvalue weighted by Gasteiger charge is 2.34. The number of nitrogens with zero attached hydrogens (tertiary/aromatic N) is 1. The number of hydrogen-bond donors (Lipinski definition) is 0. The van der Waals surface area contributed by atoms with Crippen LogP contribution in [0.3, 0.4) is 0 Å². The Morgan fingerprint density at radius 1 is 1.38 bits per heavy atom. The van der Waals surface area contributed by atoms with E-state index in [-0.39, 0.29) is 10.8 Å². The number of alkyl halides is 1. The van der Waals surface area contributed by atoms with Crippen molar-refractivity contribution in [2.75, 3.05) is 33.9 Å². The van der Waals surface area contributed by atoms with Gasteiger partial charge in [-0.3, -0.25) is 0 Å². The van der Waals surface area contributed by atoms with Crippen molar-refractivity contribution in [3.63, 3.8) is 0 Å². The zero-order valence-corrected chi connectivity index (χ0v) is 13.8. The van der Waals surface area contributed by atoms with Crippen molar-refractivity contribution >= 4 is 21.6 Å². The highest BCUT2D eigenvalue weighted by atomic mass is 35.5. The molecule has 1 aromatic carbocycles. The van der Waals surface area contributed by atoms with Crippen LogP contribution >= 0.6 is 11.6 Å². The first-order chi connectivity index (χ1) is 10.0. The Kier molecular flexibility index (Phi) is 5.48. The second kappa shape index (κ2) is 6.96. The minimum Gasteiger partial charge on any atom is -0.495 e. The van der Waals surface area contributed by atoms with Gasteiger partial charge in [0.05, 0.1) is 13.7 Å². The molecule has 1 aromatic rings. The summed E-state index contributed by atoms with van der Waals surface area (Å²) >= 11 is 5.77. The molecule has 7 heteroatoms. The van der Waals surface area contributed by atoms with Crippen LogP contribution in [0, 0.1) is 5.92 Å². The van der Waals surface area contributed by atoms with Gasteiger partial charge >= 0.3 is 0 Å². The summed E-state index contributed by atoms with van der Waals surface area (Å²) < 4.78 is 37.3. The summed E-state index contributed by atoms with van der Waals surface area (Å²) in [6, 6.07) is 4.95. The lowest BCUT2D eigenvalue weighted by Crippen LogP contribution is -2.29. The van der Waals surface area contributed by atoms with Gasteiger partial charge in [-0.05, 0) is 30.0 Å². The first kappa shape index (κ1) is 16.5. The Bertz CT molecular complexity index is 591. The van der Waals surface area contributed by atoms with Crippen LogP contribution in [0.1, 0.15) is 12.0 Å². The topological polar surface area (TPSA) is 55.8 Å². The number of halogens is 1. The third kappa shape index (κ3) is 3.51. The van der Waals surface area contributed by atoms with Gasteiger partial charge in [0.2, 0.25) is 10.0 Å². The van der Waals surface area contributed by atoms with Crippen molar-refractivity contribution in [1.29, 1.82) is 0 Å². The van der Waals surface area contributed by atoms with E-state index in [0.717, 1.165) is 12.0 Å². The molecule has 0 spiro atoms. The molecule has 21 heavy (non-hydrogen) atoms. The second-order valence-electron chi connectivity index (χ2n) is 5.09. The first-order valence-corrected chi connectivity index (χ1v) is 8.72. The Labute approximate surface area is 130 Å². The van der Waals surface area contributed by atoms with E-state index < -0.39 is 10.0 Å². The van der Waals surface area contributed by atoms with Gasteiger partial charge in [-0.25, -0.2) is 8.42 Å². The number of sulfonamides is 1. The van der Waals surface area contributed by atoms with E-state index in [4.69, 9.17) is 21.1 Å². The molecule has 1 saturated heterocycles. The molecule has 1 heterocycles. The van der Waals surface area contributed by atoms with E-state index in [9.17, 15) is 8.42 Å². The monoisotopic (exact) mass is 333 g/mol. The summed E-state index contributed by atoms with van der Waals surface area (Å²) in [7, 11) is -0.456. The smallest absolute Gasteiger partial charge is 0.246 e. The molecule has 0 radical (unpaired) electrons. The lowest BCUT2D eigenvalue weighted by molar-refractivity contribution is 0.157. The molecule has 1 atom stereocenters. The maximum atomic E-state index is 12.7. The van der Waals surface area contributed by atoms with Crippen molar-refractivity contribution in [3.8, 4) is 5.75 Å². The van der Waals surface area contributed by atoms with Crippen LogP contribution in [0.25, 0.3) is 0 Å². The lowest BCUT2D eigenvalue weighted by Gasteiger charge is -2.18. The predicted molar refractivity (Wildman–Crippen MR) is 81.3 cm³/mol. The molecule has 1 aliphatic heterocycles. The highest BCUT2D eigenvalue weighted by molar-refractivity contribution is 7.89. The largest absolute Gasteiger partial charge is 0.495 e. The number of hydrogen-bond acceptors (Lipinski definition) is 4. The number of rotatable bonds is 6. The number of benzene rings is 1. The number of ether oxygens (including phenoxy) is 2. The van der Waals surface area contributed by atoms with Crippen LogP contribution in [0.15, 0.2) is 23.1 Å². The molecule has 0 aromatic heterocycles. The van der Waals surface area contributed by atoms with Gasteiger partial charge in [-0.15, -0.1) is 11.6 Å². The van der Waals surface area contributed by atoms with Crippen LogP contribution in [-0.4, -0.2) is 46.6 Å². The Balaban J connectivity index is 2.28. The third-order valence-corrected chi connectivity index (χ3v) is 5.86. The summed E-state index contributed by atoms with van der Waals surface area (Å²) in [5, 5.41) is 0. The molecule has 5 nitrogen and oxygen atoms in total. The van der Waals surface area contributed by atoms with E-state index in [2.05, 4.69) is 0 Å². The predicted octanol–water partition coefficient (Wildman–Crippen LogP) is 2.09. The average Bonchev–Trinajstić information content (AvgIpc) is 2.96. The van der Waals surface area contributed by atoms with Crippen LogP contribution in [-0.2, 0) is 20.6 Å². The summed E-state index contributed by atoms with van der Waals surface area (Å²) in [5.41, 5.74) is 0.825. The maximum absolute atomic E-state index is 12.7. The van der Waals surface area contributed by atoms with Crippen molar-refractivity contribution in [2.45, 2.75) is 17.2 Å². The van der Waals surface area contributed by atoms with E-state index >= 15 is 0 Å². The summed E-state index contributed by atoms with van der Waals surface area (Å²) in [6.07, 6.45) is 0.815. The minimum absolute atomic E-state index is 0.192. The van der Waals surface area contributed by atoms with E-state index in [0.29, 0.717) is 31.3 Å². The van der Waals surface area contributed by atoms with E-state index in [1.165, 1.54) is 11.4 Å². The van der Waals surface area contributed by atoms with Crippen LogP contribution < -0.4 is 4.74 Å². The molecule has 0 N–H and O–H groups in total. The van der Waals surface area contributed by atoms with Gasteiger partial charge in [-0.1, -0.05) is 6.07 Å². The quantitative estimate of drug-likeness (QED) is 0.748. The van der Waals surface area contributed by atoms with Gasteiger partial charge in [0.15, 0.2) is 0 Å².